The van der Waals surface area contributed by atoms with Crippen LogP contribution >= 0.6 is 15.9 Å². The van der Waals surface area contributed by atoms with E-state index in [0.717, 1.165) is 10.9 Å². The largest absolute Gasteiger partial charge is 0.376 e. The fraction of sp³-hybridized carbons (Fsp3) is 0.308. The number of benzene rings is 1. The summed E-state index contributed by atoms with van der Waals surface area (Å²) in [7, 11) is 1.72. The Balaban J connectivity index is 2.67. The molecule has 0 aliphatic heterocycles. The van der Waals surface area contributed by atoms with Gasteiger partial charge in [-0.1, -0.05) is 30.3 Å². The molecular weight excluding hydrogens is 252 g/mol. The fourth-order valence-corrected chi connectivity index (χ4v) is 1.40. The maximum atomic E-state index is 5.35. The van der Waals surface area contributed by atoms with Crippen molar-refractivity contribution in [3.05, 3.63) is 52.2 Å². The van der Waals surface area contributed by atoms with Crippen LogP contribution in [0.3, 0.4) is 0 Å². The van der Waals surface area contributed by atoms with Crippen LogP contribution < -0.4 is 0 Å². The third kappa shape index (κ3) is 4.98. The van der Waals surface area contributed by atoms with Crippen LogP contribution in [0.25, 0.3) is 0 Å². The Hall–Kier alpha value is -0.820. The van der Waals surface area contributed by atoms with Gasteiger partial charge in [-0.2, -0.15) is 0 Å². The average molecular weight is 267 g/mol. The number of ether oxygens (including phenoxy) is 1. The van der Waals surface area contributed by atoms with E-state index in [0.29, 0.717) is 0 Å². The number of rotatable bonds is 4. The Morgan fingerprint density at radius 2 is 2.13 bits per heavy atom. The predicted octanol–water partition coefficient (Wildman–Crippen LogP) is 3.70. The van der Waals surface area contributed by atoms with E-state index in [1.807, 2.05) is 31.2 Å². The van der Waals surface area contributed by atoms with E-state index in [4.69, 9.17) is 4.74 Å². The summed E-state index contributed by atoms with van der Waals surface area (Å²) in [5.74, 6) is 0. The van der Waals surface area contributed by atoms with E-state index in [9.17, 15) is 0 Å². The van der Waals surface area contributed by atoms with Gasteiger partial charge in [-0.3, -0.25) is 0 Å². The second-order valence-electron chi connectivity index (χ2n) is 3.31. The molecule has 2 heteroatoms. The molecule has 0 aliphatic carbocycles. The number of hydrogen-bond donors (Lipinski definition) is 0. The van der Waals surface area contributed by atoms with Crippen LogP contribution in [-0.4, -0.2) is 13.2 Å². The lowest BCUT2D eigenvalue weighted by Crippen LogP contribution is -2.10. The molecule has 0 N–H and O–H groups in total. The molecule has 1 atom stereocenters. The molecule has 1 aromatic carbocycles. The number of hydrogen-bond acceptors (Lipinski definition) is 1. The highest BCUT2D eigenvalue weighted by molar-refractivity contribution is 9.11. The highest BCUT2D eigenvalue weighted by atomic mass is 79.9. The summed E-state index contributed by atoms with van der Waals surface area (Å²) in [6, 6.07) is 10.3. The summed E-state index contributed by atoms with van der Waals surface area (Å²) in [4.78, 5) is 0. The molecule has 0 fully saturated rings. The molecule has 0 saturated heterocycles. The molecule has 0 heterocycles. The SMILES string of the molecule is CO[C@H](C=C=C(C)Br)Cc1ccccc1. The van der Waals surface area contributed by atoms with Crippen molar-refractivity contribution in [1.82, 2.24) is 0 Å². The fourth-order valence-electron chi connectivity index (χ4n) is 1.26. The third-order valence-corrected chi connectivity index (χ3v) is 2.28. The summed E-state index contributed by atoms with van der Waals surface area (Å²) >= 11 is 3.34. The Morgan fingerprint density at radius 1 is 1.47 bits per heavy atom. The zero-order valence-electron chi connectivity index (χ0n) is 9.03. The molecule has 80 valence electrons. The molecule has 0 saturated carbocycles. The highest BCUT2D eigenvalue weighted by Crippen LogP contribution is 2.07. The molecule has 15 heavy (non-hydrogen) atoms. The Bertz CT molecular complexity index is 346. The summed E-state index contributed by atoms with van der Waals surface area (Å²) in [6.07, 6.45) is 2.90. The normalized spacial score (nSPS) is 11.7. The van der Waals surface area contributed by atoms with Gasteiger partial charge in [-0.15, -0.1) is 5.73 Å². The van der Waals surface area contributed by atoms with Crippen LogP contribution in [0.1, 0.15) is 12.5 Å². The summed E-state index contributed by atoms with van der Waals surface area (Å²) in [5, 5.41) is 0. The Morgan fingerprint density at radius 3 is 2.67 bits per heavy atom. The molecule has 1 aromatic rings. The van der Waals surface area contributed by atoms with Crippen LogP contribution in [0, 0.1) is 0 Å². The van der Waals surface area contributed by atoms with Gasteiger partial charge in [0.25, 0.3) is 0 Å². The molecule has 0 radical (unpaired) electrons. The van der Waals surface area contributed by atoms with E-state index in [1.165, 1.54) is 5.56 Å². The minimum absolute atomic E-state index is 0.0832. The van der Waals surface area contributed by atoms with E-state index in [1.54, 1.807) is 7.11 Å². The third-order valence-electron chi connectivity index (χ3n) is 2.05. The smallest absolute Gasteiger partial charge is 0.0866 e. The van der Waals surface area contributed by atoms with Crippen LogP contribution in [0.5, 0.6) is 0 Å². The minimum atomic E-state index is 0.0832. The van der Waals surface area contributed by atoms with Gasteiger partial charge in [-0.25, -0.2) is 0 Å². The predicted molar refractivity (Wildman–Crippen MR) is 67.1 cm³/mol. The van der Waals surface area contributed by atoms with Gasteiger partial charge in [0.2, 0.25) is 0 Å². The molecule has 0 bridgehead atoms. The van der Waals surface area contributed by atoms with Gasteiger partial charge >= 0.3 is 0 Å². The van der Waals surface area contributed by atoms with Crippen LogP contribution in [0.2, 0.25) is 0 Å². The van der Waals surface area contributed by atoms with Crippen LogP contribution in [-0.2, 0) is 11.2 Å². The van der Waals surface area contributed by atoms with Crippen molar-refractivity contribution in [2.45, 2.75) is 19.4 Å². The zero-order valence-corrected chi connectivity index (χ0v) is 10.6. The van der Waals surface area contributed by atoms with E-state index < -0.39 is 0 Å². The van der Waals surface area contributed by atoms with Crippen molar-refractivity contribution in [2.24, 2.45) is 0 Å². The molecular formula is C13H15BrO. The molecule has 0 unspecified atom stereocenters. The van der Waals surface area contributed by atoms with Crippen molar-refractivity contribution < 1.29 is 4.74 Å². The first-order valence-electron chi connectivity index (χ1n) is 4.88. The van der Waals surface area contributed by atoms with Crippen LogP contribution in [0.4, 0.5) is 0 Å². The monoisotopic (exact) mass is 266 g/mol. The van der Waals surface area contributed by atoms with Gasteiger partial charge in [0.15, 0.2) is 0 Å². The molecule has 0 amide bonds. The molecule has 0 aliphatic rings. The van der Waals surface area contributed by atoms with Gasteiger partial charge in [-0.05, 0) is 34.5 Å². The van der Waals surface area contributed by atoms with Gasteiger partial charge in [0.05, 0.1) is 6.10 Å². The second kappa shape index (κ2) is 6.62. The first-order chi connectivity index (χ1) is 7.22. The molecule has 1 rings (SSSR count). The van der Waals surface area contributed by atoms with E-state index in [2.05, 4.69) is 33.8 Å². The Kier molecular flexibility index (Phi) is 5.41. The quantitative estimate of drug-likeness (QED) is 0.756. The topological polar surface area (TPSA) is 9.23 Å². The number of methoxy groups -OCH3 is 1. The van der Waals surface area contributed by atoms with Crippen molar-refractivity contribution in [1.29, 1.82) is 0 Å². The first kappa shape index (κ1) is 12.3. The standard InChI is InChI=1S/C13H15BrO/c1-11(14)8-9-13(15-2)10-12-6-4-3-5-7-12/h3-7,9,13H,10H2,1-2H3/t8?,13-/m1/s1. The summed E-state index contributed by atoms with van der Waals surface area (Å²) in [6.45, 7) is 1.95. The average Bonchev–Trinajstić information content (AvgIpc) is 2.25. The van der Waals surface area contributed by atoms with Crippen molar-refractivity contribution in [3.8, 4) is 0 Å². The van der Waals surface area contributed by atoms with Crippen LogP contribution in [0.15, 0.2) is 46.6 Å². The number of halogens is 1. The lowest BCUT2D eigenvalue weighted by molar-refractivity contribution is 0.141. The van der Waals surface area contributed by atoms with Gasteiger partial charge in [0.1, 0.15) is 0 Å². The molecule has 0 aromatic heterocycles. The van der Waals surface area contributed by atoms with E-state index >= 15 is 0 Å². The highest BCUT2D eigenvalue weighted by Gasteiger charge is 2.03. The van der Waals surface area contributed by atoms with Gasteiger partial charge in [0, 0.05) is 18.0 Å². The van der Waals surface area contributed by atoms with Crippen molar-refractivity contribution >= 4 is 15.9 Å². The lowest BCUT2D eigenvalue weighted by Gasteiger charge is -2.09. The van der Waals surface area contributed by atoms with Crippen molar-refractivity contribution in [2.75, 3.05) is 7.11 Å². The maximum absolute atomic E-state index is 5.35. The van der Waals surface area contributed by atoms with Gasteiger partial charge < -0.3 is 4.74 Å². The maximum Gasteiger partial charge on any atom is 0.0866 e. The zero-order chi connectivity index (χ0) is 11.1. The summed E-state index contributed by atoms with van der Waals surface area (Å²) in [5.41, 5.74) is 4.37. The summed E-state index contributed by atoms with van der Waals surface area (Å²) < 4.78 is 6.34. The van der Waals surface area contributed by atoms with Crippen molar-refractivity contribution in [3.63, 3.8) is 0 Å². The molecule has 0 spiro atoms. The lowest BCUT2D eigenvalue weighted by atomic mass is 10.1. The van der Waals surface area contributed by atoms with E-state index in [-0.39, 0.29) is 6.10 Å². The Labute approximate surface area is 99.6 Å². The first-order valence-corrected chi connectivity index (χ1v) is 5.67. The second-order valence-corrected chi connectivity index (χ2v) is 4.50. The minimum Gasteiger partial charge on any atom is -0.376 e. The molecule has 1 nitrogen and oxygen atoms in total.